The fraction of sp³-hybridized carbons (Fsp3) is 0.297. The van der Waals surface area contributed by atoms with E-state index in [2.05, 4.69) is 5.32 Å². The Morgan fingerprint density at radius 3 is 2.17 bits per heavy atom. The summed E-state index contributed by atoms with van der Waals surface area (Å²) < 4.78 is 35.0. The third-order valence-electron chi connectivity index (χ3n) is 7.82. The predicted molar refractivity (Wildman–Crippen MR) is 182 cm³/mol. The smallest absolute Gasteiger partial charge is 0.264 e. The minimum Gasteiger partial charge on any atom is -0.497 e. The molecule has 0 aromatic heterocycles. The SMILES string of the molecule is CCCCNC(=O)[C@H](Cc1ccccc1)N(Cc1cccc(OC)c1)C(=O)CN(c1ccc(C)cc1C)S(=O)(=O)c1ccccc1. The van der Waals surface area contributed by atoms with Gasteiger partial charge in [-0.15, -0.1) is 0 Å². The zero-order valence-electron chi connectivity index (χ0n) is 27.0. The number of aryl methyl sites for hydroxylation is 2. The summed E-state index contributed by atoms with van der Waals surface area (Å²) in [6.45, 7) is 5.84. The molecule has 0 unspecified atom stereocenters. The topological polar surface area (TPSA) is 96.0 Å². The molecule has 8 nitrogen and oxygen atoms in total. The van der Waals surface area contributed by atoms with Gasteiger partial charge in [-0.1, -0.05) is 91.7 Å². The van der Waals surface area contributed by atoms with Crippen LogP contribution in [0.5, 0.6) is 5.75 Å². The van der Waals surface area contributed by atoms with E-state index in [0.717, 1.165) is 33.8 Å². The van der Waals surface area contributed by atoms with Gasteiger partial charge >= 0.3 is 0 Å². The lowest BCUT2D eigenvalue weighted by molar-refractivity contribution is -0.140. The lowest BCUT2D eigenvalue weighted by Crippen LogP contribution is -2.53. The van der Waals surface area contributed by atoms with Crippen LogP contribution < -0.4 is 14.4 Å². The Hall–Kier alpha value is -4.63. The first-order valence-electron chi connectivity index (χ1n) is 15.5. The molecule has 0 radical (unpaired) electrons. The quantitative estimate of drug-likeness (QED) is 0.159. The first kappa shape index (κ1) is 34.2. The molecular weight excluding hydrogens is 598 g/mol. The Balaban J connectivity index is 1.81. The number of hydrogen-bond donors (Lipinski definition) is 1. The lowest BCUT2D eigenvalue weighted by Gasteiger charge is -2.34. The summed E-state index contributed by atoms with van der Waals surface area (Å²) in [6.07, 6.45) is 1.95. The number of methoxy groups -OCH3 is 1. The second-order valence-electron chi connectivity index (χ2n) is 11.3. The van der Waals surface area contributed by atoms with Crippen LogP contribution in [0, 0.1) is 13.8 Å². The molecule has 4 aromatic rings. The van der Waals surface area contributed by atoms with Gasteiger partial charge < -0.3 is 15.0 Å². The molecule has 0 aliphatic carbocycles. The average molecular weight is 642 g/mol. The molecule has 0 saturated heterocycles. The molecule has 2 amide bonds. The molecule has 242 valence electrons. The van der Waals surface area contributed by atoms with Crippen molar-refractivity contribution in [2.75, 3.05) is 24.5 Å². The number of benzene rings is 4. The Morgan fingerprint density at radius 1 is 0.848 bits per heavy atom. The third-order valence-corrected chi connectivity index (χ3v) is 9.59. The molecule has 9 heteroatoms. The van der Waals surface area contributed by atoms with Gasteiger partial charge in [0.1, 0.15) is 18.3 Å². The van der Waals surface area contributed by atoms with Crippen molar-refractivity contribution in [2.24, 2.45) is 0 Å². The van der Waals surface area contributed by atoms with Crippen LogP contribution in [0.1, 0.15) is 42.0 Å². The maximum absolute atomic E-state index is 14.6. The fourth-order valence-electron chi connectivity index (χ4n) is 5.35. The summed E-state index contributed by atoms with van der Waals surface area (Å²) in [4.78, 5) is 30.1. The van der Waals surface area contributed by atoms with E-state index in [-0.39, 0.29) is 23.8 Å². The van der Waals surface area contributed by atoms with E-state index in [4.69, 9.17) is 4.74 Å². The maximum Gasteiger partial charge on any atom is 0.264 e. The Kier molecular flexibility index (Phi) is 12.0. The van der Waals surface area contributed by atoms with Crippen molar-refractivity contribution in [3.8, 4) is 5.75 Å². The first-order chi connectivity index (χ1) is 22.1. The van der Waals surface area contributed by atoms with E-state index in [9.17, 15) is 18.0 Å². The zero-order chi connectivity index (χ0) is 33.1. The van der Waals surface area contributed by atoms with E-state index in [1.54, 1.807) is 31.4 Å². The zero-order valence-corrected chi connectivity index (χ0v) is 27.8. The van der Waals surface area contributed by atoms with Gasteiger partial charge in [0.15, 0.2) is 0 Å². The molecule has 1 atom stereocenters. The average Bonchev–Trinajstić information content (AvgIpc) is 3.06. The van der Waals surface area contributed by atoms with Gasteiger partial charge in [0.05, 0.1) is 17.7 Å². The van der Waals surface area contributed by atoms with Gasteiger partial charge in [0.25, 0.3) is 10.0 Å². The summed E-state index contributed by atoms with van der Waals surface area (Å²) in [5.74, 6) is -0.188. The second-order valence-corrected chi connectivity index (χ2v) is 13.2. The van der Waals surface area contributed by atoms with Crippen LogP contribution in [0.15, 0.2) is 108 Å². The molecule has 0 bridgehead atoms. The van der Waals surface area contributed by atoms with Crippen LogP contribution in [-0.2, 0) is 32.6 Å². The van der Waals surface area contributed by atoms with Crippen LogP contribution in [0.2, 0.25) is 0 Å². The van der Waals surface area contributed by atoms with E-state index in [1.807, 2.05) is 87.5 Å². The summed E-state index contributed by atoms with van der Waals surface area (Å²) >= 11 is 0. The van der Waals surface area contributed by atoms with Crippen LogP contribution in [0.25, 0.3) is 0 Å². The molecule has 0 heterocycles. The summed E-state index contributed by atoms with van der Waals surface area (Å²) in [6, 6.07) is 29.5. The van der Waals surface area contributed by atoms with Gasteiger partial charge in [-0.05, 0) is 67.3 Å². The van der Waals surface area contributed by atoms with E-state index in [0.29, 0.717) is 23.5 Å². The Morgan fingerprint density at radius 2 is 1.52 bits per heavy atom. The molecule has 1 N–H and O–H groups in total. The maximum atomic E-state index is 14.6. The van der Waals surface area contributed by atoms with Gasteiger partial charge in [0, 0.05) is 19.5 Å². The molecule has 0 aliphatic heterocycles. The number of anilines is 1. The van der Waals surface area contributed by atoms with Crippen LogP contribution in [0.4, 0.5) is 5.69 Å². The largest absolute Gasteiger partial charge is 0.497 e. The van der Waals surface area contributed by atoms with Crippen molar-refractivity contribution in [3.63, 3.8) is 0 Å². The van der Waals surface area contributed by atoms with Crippen molar-refractivity contribution in [3.05, 3.63) is 125 Å². The van der Waals surface area contributed by atoms with Crippen LogP contribution in [0.3, 0.4) is 0 Å². The minimum absolute atomic E-state index is 0.0697. The fourth-order valence-corrected chi connectivity index (χ4v) is 6.85. The standard InChI is InChI=1S/C37H43N3O5S/c1-5-6-22-38-37(42)35(25-30-14-9-7-10-15-30)39(26-31-16-13-17-32(24-31)45-4)36(41)27-40(34-21-20-28(2)23-29(34)3)46(43,44)33-18-11-8-12-19-33/h7-21,23-24,35H,5-6,22,25-27H2,1-4H3,(H,38,42)/t35-/m0/s1. The van der Waals surface area contributed by atoms with E-state index in [1.165, 1.54) is 17.0 Å². The molecule has 0 fully saturated rings. The Bertz CT molecular complexity index is 1710. The minimum atomic E-state index is -4.16. The van der Waals surface area contributed by atoms with Crippen molar-refractivity contribution >= 4 is 27.5 Å². The van der Waals surface area contributed by atoms with Crippen LogP contribution >= 0.6 is 0 Å². The molecule has 4 rings (SSSR count). The monoisotopic (exact) mass is 641 g/mol. The highest BCUT2D eigenvalue weighted by molar-refractivity contribution is 7.92. The van der Waals surface area contributed by atoms with Crippen molar-refractivity contribution in [2.45, 2.75) is 57.5 Å². The van der Waals surface area contributed by atoms with E-state index >= 15 is 0 Å². The second kappa shape index (κ2) is 16.1. The molecule has 0 aliphatic rings. The number of nitrogens with zero attached hydrogens (tertiary/aromatic N) is 2. The molecule has 4 aromatic carbocycles. The van der Waals surface area contributed by atoms with Crippen LogP contribution in [-0.4, -0.2) is 51.4 Å². The normalized spacial score (nSPS) is 11.8. The van der Waals surface area contributed by atoms with Gasteiger partial charge in [0.2, 0.25) is 11.8 Å². The number of carbonyl (C=O) groups excluding carboxylic acids is 2. The number of ether oxygens (including phenoxy) is 1. The number of rotatable bonds is 15. The number of unbranched alkanes of at least 4 members (excludes halogenated alkanes) is 1. The molecule has 46 heavy (non-hydrogen) atoms. The van der Waals surface area contributed by atoms with E-state index < -0.39 is 28.5 Å². The van der Waals surface area contributed by atoms with Gasteiger partial charge in [-0.2, -0.15) is 0 Å². The molecular formula is C37H43N3O5S. The number of amides is 2. The lowest BCUT2D eigenvalue weighted by atomic mass is 10.0. The number of hydrogen-bond acceptors (Lipinski definition) is 5. The highest BCUT2D eigenvalue weighted by atomic mass is 32.2. The summed E-state index contributed by atoms with van der Waals surface area (Å²) in [5, 5.41) is 3.01. The summed E-state index contributed by atoms with van der Waals surface area (Å²) in [5.41, 5.74) is 3.71. The molecule has 0 spiro atoms. The number of nitrogens with one attached hydrogen (secondary N) is 1. The van der Waals surface area contributed by atoms with Crippen molar-refractivity contribution in [1.29, 1.82) is 0 Å². The van der Waals surface area contributed by atoms with Gasteiger partial charge in [-0.3, -0.25) is 13.9 Å². The number of carbonyl (C=O) groups is 2. The summed E-state index contributed by atoms with van der Waals surface area (Å²) in [7, 11) is -2.59. The predicted octanol–water partition coefficient (Wildman–Crippen LogP) is 6.06. The number of sulfonamides is 1. The van der Waals surface area contributed by atoms with Crippen molar-refractivity contribution in [1.82, 2.24) is 10.2 Å². The Labute approximate surface area is 273 Å². The molecule has 0 saturated carbocycles. The third kappa shape index (κ3) is 8.75. The highest BCUT2D eigenvalue weighted by Gasteiger charge is 2.35. The first-order valence-corrected chi connectivity index (χ1v) is 17.0. The highest BCUT2D eigenvalue weighted by Crippen LogP contribution is 2.28. The van der Waals surface area contributed by atoms with Gasteiger partial charge in [-0.25, -0.2) is 8.42 Å². The van der Waals surface area contributed by atoms with Crippen molar-refractivity contribution < 1.29 is 22.7 Å².